The lowest BCUT2D eigenvalue weighted by molar-refractivity contribution is -0.0518. The molecule has 0 unspecified atom stereocenters. The Labute approximate surface area is 180 Å². The van der Waals surface area contributed by atoms with Gasteiger partial charge < -0.3 is 18.9 Å². The second-order valence-electron chi connectivity index (χ2n) is 8.66. The van der Waals surface area contributed by atoms with Gasteiger partial charge in [-0.1, -0.05) is 0 Å². The number of nitrogens with zero attached hydrogens (tertiary/aromatic N) is 3. The van der Waals surface area contributed by atoms with Gasteiger partial charge in [0.15, 0.2) is 10.1 Å². The number of quaternary nitrogens is 1. The Kier molecular flexibility index (Phi) is 8.31. The molecule has 31 heavy (non-hydrogen) atoms. The van der Waals surface area contributed by atoms with Gasteiger partial charge in [0.1, 0.15) is 12.2 Å². The zero-order valence-corrected chi connectivity index (χ0v) is 19.1. The second kappa shape index (κ2) is 9.57. The highest BCUT2D eigenvalue weighted by Gasteiger charge is 2.37. The van der Waals surface area contributed by atoms with Crippen molar-refractivity contribution in [3.63, 3.8) is 0 Å². The Morgan fingerprint density at radius 1 is 1.29 bits per heavy atom. The molecule has 1 aliphatic rings. The Morgan fingerprint density at radius 3 is 2.23 bits per heavy atom. The van der Waals surface area contributed by atoms with E-state index in [1.807, 2.05) is 54.0 Å². The molecule has 0 N–H and O–H groups in total. The lowest BCUT2D eigenvalue weighted by Gasteiger charge is -2.41. The molecule has 0 spiro atoms. The first-order chi connectivity index (χ1) is 13.8. The van der Waals surface area contributed by atoms with Crippen molar-refractivity contribution < 1.29 is 40.4 Å². The fourth-order valence-electron chi connectivity index (χ4n) is 2.36. The van der Waals surface area contributed by atoms with Gasteiger partial charge in [0, 0.05) is 12.7 Å². The van der Waals surface area contributed by atoms with E-state index in [4.69, 9.17) is 22.4 Å². The number of ether oxygens (including phenoxy) is 2. The van der Waals surface area contributed by atoms with Crippen molar-refractivity contribution in [1.82, 2.24) is 14.4 Å². The molecule has 1 saturated heterocycles. The van der Waals surface area contributed by atoms with Crippen molar-refractivity contribution in [3.8, 4) is 5.75 Å². The number of halogens is 3. The number of aromatic nitrogens is 1. The number of pyridine rings is 1. The smallest absolute Gasteiger partial charge is 0.485 e. The van der Waals surface area contributed by atoms with E-state index in [1.165, 1.54) is 0 Å². The fourth-order valence-corrected chi connectivity index (χ4v) is 2.36. The van der Waals surface area contributed by atoms with Gasteiger partial charge in [0.25, 0.3) is 5.82 Å². The van der Waals surface area contributed by atoms with Gasteiger partial charge in [0.2, 0.25) is 5.75 Å². The van der Waals surface area contributed by atoms with E-state index in [0.29, 0.717) is 11.1 Å². The van der Waals surface area contributed by atoms with Crippen molar-refractivity contribution in [2.24, 2.45) is 0 Å². The van der Waals surface area contributed by atoms with E-state index in [-0.39, 0.29) is 12.1 Å². The Balaban J connectivity index is 0.000000512. The number of alkyl halides is 3. The van der Waals surface area contributed by atoms with Crippen LogP contribution in [0.4, 0.5) is 23.8 Å². The van der Waals surface area contributed by atoms with Crippen LogP contribution in [0, 0.1) is 0 Å². The summed E-state index contributed by atoms with van der Waals surface area (Å²) < 4.78 is 70.9. The number of carbonyl (C=O) groups is 1. The number of amides is 1. The minimum Gasteiger partial charge on any atom is -0.741 e. The average Bonchev–Trinajstić information content (AvgIpc) is 2.50. The Bertz CT molecular complexity index is 864. The monoisotopic (exact) mass is 471 g/mol. The van der Waals surface area contributed by atoms with Crippen LogP contribution in [-0.4, -0.2) is 80.4 Å². The first kappa shape index (κ1) is 26.9. The van der Waals surface area contributed by atoms with Gasteiger partial charge in [-0.15, -0.1) is 0 Å². The molecule has 0 aromatic carbocycles. The maximum Gasteiger partial charge on any atom is 0.485 e. The summed E-state index contributed by atoms with van der Waals surface area (Å²) in [6, 6.07) is 3.84. The molecule has 178 valence electrons. The van der Waals surface area contributed by atoms with E-state index >= 15 is 0 Å². The van der Waals surface area contributed by atoms with Gasteiger partial charge in [-0.25, -0.2) is 18.2 Å². The van der Waals surface area contributed by atoms with E-state index < -0.39 is 21.2 Å². The van der Waals surface area contributed by atoms with E-state index in [0.717, 1.165) is 24.5 Å². The highest BCUT2D eigenvalue weighted by molar-refractivity contribution is 7.86. The van der Waals surface area contributed by atoms with Crippen LogP contribution in [0.15, 0.2) is 18.3 Å². The third-order valence-electron chi connectivity index (χ3n) is 3.87. The van der Waals surface area contributed by atoms with Crippen LogP contribution in [-0.2, 0) is 14.9 Å². The van der Waals surface area contributed by atoms with Crippen LogP contribution in [0.1, 0.15) is 27.2 Å². The molecule has 1 amide bonds. The predicted molar refractivity (Wildman–Crippen MR) is 106 cm³/mol. The van der Waals surface area contributed by atoms with Crippen LogP contribution in [0.5, 0.6) is 5.75 Å². The molecular formula is C18H28F3N3O6S. The largest absolute Gasteiger partial charge is 0.741 e. The molecule has 0 radical (unpaired) electrons. The molecule has 0 bridgehead atoms. The molecule has 1 aromatic rings. The van der Waals surface area contributed by atoms with E-state index in [9.17, 15) is 18.0 Å². The van der Waals surface area contributed by atoms with Crippen molar-refractivity contribution >= 4 is 22.0 Å². The van der Waals surface area contributed by atoms with Crippen LogP contribution in [0.25, 0.3) is 0 Å². The van der Waals surface area contributed by atoms with E-state index in [2.05, 4.69) is 4.98 Å². The molecule has 1 fully saturated rings. The van der Waals surface area contributed by atoms with Gasteiger partial charge in [0.05, 0.1) is 27.2 Å². The van der Waals surface area contributed by atoms with Crippen molar-refractivity contribution in [3.05, 3.63) is 18.3 Å². The van der Waals surface area contributed by atoms with Crippen molar-refractivity contribution in [1.29, 1.82) is 0 Å². The number of rotatable bonds is 4. The van der Waals surface area contributed by atoms with Crippen LogP contribution < -0.4 is 9.22 Å². The summed E-state index contributed by atoms with van der Waals surface area (Å²) in [4.78, 5) is 18.3. The molecule has 1 aliphatic heterocycles. The average molecular weight is 471 g/mol. The summed E-state index contributed by atoms with van der Waals surface area (Å²) in [5.41, 5.74) is -6.12. The molecule has 1 aromatic heterocycles. The van der Waals surface area contributed by atoms with Gasteiger partial charge in [-0.05, 0) is 39.3 Å². The lowest BCUT2D eigenvalue weighted by Crippen LogP contribution is -2.55. The summed E-state index contributed by atoms with van der Waals surface area (Å²) >= 11 is 0. The Hall–Kier alpha value is -2.12. The highest BCUT2D eigenvalue weighted by Crippen LogP contribution is 2.29. The van der Waals surface area contributed by atoms with Crippen LogP contribution >= 0.6 is 0 Å². The summed E-state index contributed by atoms with van der Waals surface area (Å²) in [6.07, 6.45) is 2.43. The number of hydrogen-bond donors (Lipinski definition) is 0. The lowest BCUT2D eigenvalue weighted by atomic mass is 10.1. The van der Waals surface area contributed by atoms with E-state index in [1.54, 1.807) is 11.1 Å². The number of carbonyl (C=O) groups excluding carboxylic acids is 1. The van der Waals surface area contributed by atoms with Gasteiger partial charge in [-0.2, -0.15) is 13.2 Å². The van der Waals surface area contributed by atoms with Crippen LogP contribution in [0.3, 0.4) is 0 Å². The van der Waals surface area contributed by atoms with Crippen molar-refractivity contribution in [2.45, 2.75) is 44.3 Å². The van der Waals surface area contributed by atoms with Gasteiger partial charge >= 0.3 is 11.6 Å². The molecule has 0 aliphatic carbocycles. The Morgan fingerprint density at radius 2 is 1.84 bits per heavy atom. The topological polar surface area (TPSA) is 109 Å². The molecule has 2 rings (SSSR count). The quantitative estimate of drug-likeness (QED) is 0.377. The maximum atomic E-state index is 12.1. The normalized spacial score (nSPS) is 17.2. The zero-order chi connectivity index (χ0) is 24.3. The minimum absolute atomic E-state index is 0.0605. The zero-order valence-electron chi connectivity index (χ0n) is 18.3. The summed E-state index contributed by atoms with van der Waals surface area (Å²) in [6.45, 7) is 6.80. The minimum atomic E-state index is -6.09. The first-order valence-electron chi connectivity index (χ1n) is 9.24. The third kappa shape index (κ3) is 8.50. The highest BCUT2D eigenvalue weighted by atomic mass is 32.2. The summed E-state index contributed by atoms with van der Waals surface area (Å²) in [5, 5.41) is 0. The van der Waals surface area contributed by atoms with Crippen molar-refractivity contribution in [2.75, 3.05) is 34.3 Å². The van der Waals surface area contributed by atoms with Crippen LogP contribution in [0.2, 0.25) is 0 Å². The first-order valence-corrected chi connectivity index (χ1v) is 10.7. The third-order valence-corrected chi connectivity index (χ3v) is 4.44. The fraction of sp³-hybridized carbons (Fsp3) is 0.667. The molecular weight excluding hydrogens is 443 g/mol. The predicted octanol–water partition coefficient (Wildman–Crippen LogP) is 2.72. The molecule has 13 heteroatoms. The molecule has 2 heterocycles. The summed E-state index contributed by atoms with van der Waals surface area (Å²) in [7, 11) is 0.0512. The number of hydrogen-bond acceptors (Lipinski definition) is 7. The SMILES string of the molecule is CC(C)(C)OC(=O)N1CC[C@H]1COc1cccnc1[N+](C)(C)C.O=S(=O)([O-])C(F)(F)F. The second-order valence-corrected chi connectivity index (χ2v) is 10.0. The summed E-state index contributed by atoms with van der Waals surface area (Å²) in [5.74, 6) is 1.63. The van der Waals surface area contributed by atoms with Gasteiger partial charge in [-0.3, -0.25) is 4.48 Å². The maximum absolute atomic E-state index is 12.1. The standard InChI is InChI=1S/C17H28N3O3.CHF3O3S/c1-17(2,3)23-16(21)19-11-9-13(19)12-22-14-8-7-10-18-15(14)20(4,5)6;2-1(3,4)8(5,6)7/h7-8,10,13H,9,11-12H2,1-6H3;(H,5,6,7)/q+1;/p-1/t13-;/m0./s1. The number of likely N-dealkylation sites (tertiary alicyclic amines) is 1. The molecule has 9 nitrogen and oxygen atoms in total. The molecule has 0 saturated carbocycles. The molecule has 1 atom stereocenters.